The van der Waals surface area contributed by atoms with Gasteiger partial charge < -0.3 is 10.1 Å². The molecule has 0 saturated carbocycles. The van der Waals surface area contributed by atoms with Gasteiger partial charge in [0.25, 0.3) is 5.91 Å². The minimum atomic E-state index is -0.652. The van der Waals surface area contributed by atoms with Gasteiger partial charge in [-0.15, -0.1) is 0 Å². The second-order valence-electron chi connectivity index (χ2n) is 4.35. The number of rotatable bonds is 4. The van der Waals surface area contributed by atoms with E-state index in [0.717, 1.165) is 10.9 Å². The number of benzene rings is 1. The number of para-hydroxylation sites is 1. The highest BCUT2D eigenvalue weighted by molar-refractivity contribution is 5.97. The zero-order valence-corrected chi connectivity index (χ0v) is 11.4. The van der Waals surface area contributed by atoms with Crippen molar-refractivity contribution in [3.8, 4) is 0 Å². The molecule has 1 amide bonds. The van der Waals surface area contributed by atoms with Crippen molar-refractivity contribution in [3.63, 3.8) is 0 Å². The molecule has 0 aliphatic carbocycles. The molecule has 0 spiro atoms. The summed E-state index contributed by atoms with van der Waals surface area (Å²) < 4.78 is 4.64. The summed E-state index contributed by atoms with van der Waals surface area (Å²) in [7, 11) is 1.30. The highest BCUT2D eigenvalue weighted by atomic mass is 16.5. The smallest absolute Gasteiger partial charge is 0.328 e. The van der Waals surface area contributed by atoms with E-state index in [2.05, 4.69) is 15.0 Å². The lowest BCUT2D eigenvalue weighted by atomic mass is 10.2. The van der Waals surface area contributed by atoms with E-state index in [-0.39, 0.29) is 11.6 Å². The van der Waals surface area contributed by atoms with Gasteiger partial charge in [-0.3, -0.25) is 4.79 Å². The van der Waals surface area contributed by atoms with E-state index in [1.165, 1.54) is 7.11 Å². The Morgan fingerprint density at radius 2 is 2.00 bits per heavy atom. The number of nitrogens with one attached hydrogen (secondary N) is 1. The van der Waals surface area contributed by atoms with E-state index in [4.69, 9.17) is 0 Å². The molecule has 20 heavy (non-hydrogen) atoms. The second-order valence-corrected chi connectivity index (χ2v) is 4.35. The lowest BCUT2D eigenvalue weighted by Gasteiger charge is -2.14. The van der Waals surface area contributed by atoms with E-state index < -0.39 is 12.0 Å². The van der Waals surface area contributed by atoms with Gasteiger partial charge in [0.2, 0.25) is 0 Å². The summed E-state index contributed by atoms with van der Waals surface area (Å²) in [6, 6.07) is 10.4. The molecule has 1 atom stereocenters. The van der Waals surface area contributed by atoms with E-state index in [1.807, 2.05) is 30.3 Å². The SMILES string of the molecule is CCC(NC(=O)c1ccc2ccccc2n1)C(=O)OC. The van der Waals surface area contributed by atoms with Crippen molar-refractivity contribution in [3.05, 3.63) is 42.1 Å². The largest absolute Gasteiger partial charge is 0.467 e. The summed E-state index contributed by atoms with van der Waals surface area (Å²) in [5.74, 6) is -0.838. The first-order valence-corrected chi connectivity index (χ1v) is 6.40. The lowest BCUT2D eigenvalue weighted by molar-refractivity contribution is -0.142. The fourth-order valence-corrected chi connectivity index (χ4v) is 1.89. The van der Waals surface area contributed by atoms with Crippen molar-refractivity contribution in [1.82, 2.24) is 10.3 Å². The maximum absolute atomic E-state index is 12.1. The fourth-order valence-electron chi connectivity index (χ4n) is 1.89. The molecule has 1 heterocycles. The number of esters is 1. The van der Waals surface area contributed by atoms with Gasteiger partial charge in [0.15, 0.2) is 0 Å². The van der Waals surface area contributed by atoms with Crippen LogP contribution in [0.15, 0.2) is 36.4 Å². The maximum atomic E-state index is 12.1. The quantitative estimate of drug-likeness (QED) is 0.863. The number of hydrogen-bond donors (Lipinski definition) is 1. The van der Waals surface area contributed by atoms with Gasteiger partial charge in [0.05, 0.1) is 12.6 Å². The number of methoxy groups -OCH3 is 1. The van der Waals surface area contributed by atoms with Crippen LogP contribution < -0.4 is 5.32 Å². The maximum Gasteiger partial charge on any atom is 0.328 e. The van der Waals surface area contributed by atoms with Crippen LogP contribution in [-0.4, -0.2) is 30.0 Å². The van der Waals surface area contributed by atoms with E-state index >= 15 is 0 Å². The molecule has 0 saturated heterocycles. The zero-order chi connectivity index (χ0) is 14.5. The number of ether oxygens (including phenoxy) is 1. The predicted octanol–water partition coefficient (Wildman–Crippen LogP) is 1.92. The van der Waals surface area contributed by atoms with Gasteiger partial charge in [-0.05, 0) is 18.6 Å². The predicted molar refractivity (Wildman–Crippen MR) is 75.3 cm³/mol. The fraction of sp³-hybridized carbons (Fsp3) is 0.267. The number of carbonyl (C=O) groups excluding carboxylic acids is 2. The van der Waals surface area contributed by atoms with Crippen LogP contribution in [0.3, 0.4) is 0 Å². The third-order valence-electron chi connectivity index (χ3n) is 3.03. The van der Waals surface area contributed by atoms with Crippen LogP contribution in [0.5, 0.6) is 0 Å². The van der Waals surface area contributed by atoms with Crippen molar-refractivity contribution in [2.75, 3.05) is 7.11 Å². The molecular weight excluding hydrogens is 256 g/mol. The van der Waals surface area contributed by atoms with Crippen molar-refractivity contribution in [2.45, 2.75) is 19.4 Å². The van der Waals surface area contributed by atoms with Gasteiger partial charge in [0.1, 0.15) is 11.7 Å². The first-order chi connectivity index (χ1) is 9.65. The summed E-state index contributed by atoms with van der Waals surface area (Å²) in [6.45, 7) is 1.80. The third-order valence-corrected chi connectivity index (χ3v) is 3.03. The highest BCUT2D eigenvalue weighted by Gasteiger charge is 2.20. The third kappa shape index (κ3) is 2.93. The number of fused-ring (bicyclic) bond motifs is 1. The van der Waals surface area contributed by atoms with Gasteiger partial charge in [0, 0.05) is 5.39 Å². The lowest BCUT2D eigenvalue weighted by Crippen LogP contribution is -2.41. The van der Waals surface area contributed by atoms with Gasteiger partial charge in [-0.25, -0.2) is 9.78 Å². The Hall–Kier alpha value is -2.43. The van der Waals surface area contributed by atoms with Crippen LogP contribution in [0.25, 0.3) is 10.9 Å². The average Bonchev–Trinajstić information content (AvgIpc) is 2.51. The van der Waals surface area contributed by atoms with Crippen molar-refractivity contribution in [1.29, 1.82) is 0 Å². The van der Waals surface area contributed by atoms with Crippen molar-refractivity contribution in [2.24, 2.45) is 0 Å². The number of hydrogen-bond acceptors (Lipinski definition) is 4. The monoisotopic (exact) mass is 272 g/mol. The van der Waals surface area contributed by atoms with Crippen LogP contribution in [0.1, 0.15) is 23.8 Å². The first-order valence-electron chi connectivity index (χ1n) is 6.40. The van der Waals surface area contributed by atoms with Crippen LogP contribution in [0.2, 0.25) is 0 Å². The molecule has 5 nitrogen and oxygen atoms in total. The second kappa shape index (κ2) is 6.14. The minimum absolute atomic E-state index is 0.283. The van der Waals surface area contributed by atoms with E-state index in [1.54, 1.807) is 13.0 Å². The molecule has 0 bridgehead atoms. The van der Waals surface area contributed by atoms with Gasteiger partial charge in [-0.2, -0.15) is 0 Å². The summed E-state index contributed by atoms with van der Waals surface area (Å²) in [6.07, 6.45) is 0.464. The Morgan fingerprint density at radius 3 is 2.70 bits per heavy atom. The number of nitrogens with zero attached hydrogens (tertiary/aromatic N) is 1. The number of pyridine rings is 1. The van der Waals surface area contributed by atoms with Crippen molar-refractivity contribution >= 4 is 22.8 Å². The molecule has 1 aromatic carbocycles. The molecule has 0 aliphatic rings. The van der Waals surface area contributed by atoms with Crippen LogP contribution in [-0.2, 0) is 9.53 Å². The molecule has 1 aromatic heterocycles. The highest BCUT2D eigenvalue weighted by Crippen LogP contribution is 2.12. The normalized spacial score (nSPS) is 11.9. The minimum Gasteiger partial charge on any atom is -0.467 e. The average molecular weight is 272 g/mol. The number of aromatic nitrogens is 1. The standard InChI is InChI=1S/C15H16N2O3/c1-3-11(15(19)20-2)17-14(18)13-9-8-10-6-4-5-7-12(10)16-13/h4-9,11H,3H2,1-2H3,(H,17,18). The molecule has 5 heteroatoms. The molecule has 104 valence electrons. The van der Waals surface area contributed by atoms with E-state index in [0.29, 0.717) is 6.42 Å². The Bertz CT molecular complexity index is 640. The zero-order valence-electron chi connectivity index (χ0n) is 11.4. The number of amides is 1. The summed E-state index contributed by atoms with van der Waals surface area (Å²) in [5.41, 5.74) is 1.03. The summed E-state index contributed by atoms with van der Waals surface area (Å²) in [4.78, 5) is 27.8. The Labute approximate surface area is 117 Å². The van der Waals surface area contributed by atoms with Crippen LogP contribution in [0, 0.1) is 0 Å². The Kier molecular flexibility index (Phi) is 4.30. The molecule has 1 unspecified atom stereocenters. The van der Waals surface area contributed by atoms with Gasteiger partial charge >= 0.3 is 5.97 Å². The topological polar surface area (TPSA) is 68.3 Å². The van der Waals surface area contributed by atoms with Gasteiger partial charge in [-0.1, -0.05) is 31.2 Å². The molecular formula is C15H16N2O3. The summed E-state index contributed by atoms with van der Waals surface area (Å²) >= 11 is 0. The van der Waals surface area contributed by atoms with Crippen LogP contribution >= 0.6 is 0 Å². The Morgan fingerprint density at radius 1 is 1.25 bits per heavy atom. The molecule has 0 aliphatic heterocycles. The molecule has 0 radical (unpaired) electrons. The number of carbonyl (C=O) groups is 2. The Balaban J connectivity index is 2.20. The molecule has 1 N–H and O–H groups in total. The first kappa shape index (κ1) is 14.0. The van der Waals surface area contributed by atoms with Crippen LogP contribution in [0.4, 0.5) is 0 Å². The summed E-state index contributed by atoms with van der Waals surface area (Å²) in [5, 5.41) is 3.58. The molecule has 2 aromatic rings. The molecule has 0 fully saturated rings. The van der Waals surface area contributed by atoms with Crippen molar-refractivity contribution < 1.29 is 14.3 Å². The van der Waals surface area contributed by atoms with E-state index in [9.17, 15) is 9.59 Å². The molecule has 2 rings (SSSR count).